The molecule has 9 nitrogen and oxygen atoms in total. The van der Waals surface area contributed by atoms with Gasteiger partial charge in [0, 0.05) is 38.1 Å². The van der Waals surface area contributed by atoms with Crippen LogP contribution >= 0.6 is 11.3 Å². The van der Waals surface area contributed by atoms with E-state index in [4.69, 9.17) is 4.74 Å². The van der Waals surface area contributed by atoms with Crippen LogP contribution in [0.2, 0.25) is 0 Å². The minimum atomic E-state index is -3.76. The average Bonchev–Trinajstić information content (AvgIpc) is 3.01. The third-order valence-electron chi connectivity index (χ3n) is 4.16. The van der Waals surface area contributed by atoms with Crippen molar-refractivity contribution < 1.29 is 17.9 Å². The minimum absolute atomic E-state index is 0.0261. The van der Waals surface area contributed by atoms with Crippen molar-refractivity contribution in [3.63, 3.8) is 0 Å². The molecule has 0 atom stereocenters. The molecule has 0 aromatic carbocycles. The van der Waals surface area contributed by atoms with Crippen LogP contribution in [0.15, 0.2) is 27.3 Å². The normalized spacial score (nSPS) is 15.7. The molecule has 1 saturated heterocycles. The minimum Gasteiger partial charge on any atom is -0.477 e. The lowest BCUT2D eigenvalue weighted by Crippen LogP contribution is -2.50. The van der Waals surface area contributed by atoms with Crippen LogP contribution in [0.5, 0.6) is 5.88 Å². The number of sulfonamides is 1. The molecule has 27 heavy (non-hydrogen) atoms. The maximum Gasteiger partial charge on any atom is 0.305 e. The number of carbonyl (C=O) groups excluding carboxylic acids is 1. The largest absolute Gasteiger partial charge is 0.477 e. The molecule has 1 aliphatic heterocycles. The third-order valence-corrected chi connectivity index (χ3v) is 7.64. The fourth-order valence-electron chi connectivity index (χ4n) is 2.86. The van der Waals surface area contributed by atoms with E-state index in [0.717, 1.165) is 0 Å². The van der Waals surface area contributed by atoms with Crippen molar-refractivity contribution in [2.24, 2.45) is 0 Å². The highest BCUT2D eigenvalue weighted by molar-refractivity contribution is 7.91. The summed E-state index contributed by atoms with van der Waals surface area (Å²) in [6.07, 6.45) is 1.55. The van der Waals surface area contributed by atoms with Crippen LogP contribution in [0.4, 0.5) is 0 Å². The number of amides is 1. The number of ether oxygens (including phenoxy) is 1. The molecular formula is C16H20N4O5S2. The Hall–Kier alpha value is -2.24. The van der Waals surface area contributed by atoms with Gasteiger partial charge in [-0.25, -0.2) is 13.4 Å². The molecule has 0 unspecified atom stereocenters. The summed E-state index contributed by atoms with van der Waals surface area (Å²) in [5.74, 6) is 0.0267. The zero-order chi connectivity index (χ0) is 19.6. The van der Waals surface area contributed by atoms with Crippen LogP contribution in [0.3, 0.4) is 0 Å². The zero-order valence-corrected chi connectivity index (χ0v) is 16.6. The van der Waals surface area contributed by atoms with E-state index >= 15 is 0 Å². The van der Waals surface area contributed by atoms with E-state index in [2.05, 4.69) is 9.97 Å². The Morgan fingerprint density at radius 3 is 2.63 bits per heavy atom. The van der Waals surface area contributed by atoms with Gasteiger partial charge in [-0.05, 0) is 26.0 Å². The monoisotopic (exact) mass is 412 g/mol. The maximum atomic E-state index is 12.8. The highest BCUT2D eigenvalue weighted by atomic mass is 32.2. The molecule has 146 valence electrons. The Labute approximate surface area is 160 Å². The molecule has 0 aliphatic carbocycles. The molecule has 1 fully saturated rings. The number of piperazine rings is 1. The van der Waals surface area contributed by atoms with Crippen LogP contribution in [-0.2, 0) is 10.0 Å². The van der Waals surface area contributed by atoms with E-state index < -0.39 is 14.9 Å². The summed E-state index contributed by atoms with van der Waals surface area (Å²) < 4.78 is 32.2. The van der Waals surface area contributed by atoms with Gasteiger partial charge in [0.15, 0.2) is 4.21 Å². The Balaban J connectivity index is 1.73. The lowest BCUT2D eigenvalue weighted by molar-refractivity contribution is 0.0693. The highest BCUT2D eigenvalue weighted by Crippen LogP contribution is 2.23. The first kappa shape index (κ1) is 19.5. The lowest BCUT2D eigenvalue weighted by atomic mass is 10.2. The number of nitrogens with zero attached hydrogens (tertiary/aromatic N) is 3. The number of aromatic amines is 1. The molecule has 11 heteroatoms. The second-order valence-electron chi connectivity index (χ2n) is 5.91. The van der Waals surface area contributed by atoms with Crippen molar-refractivity contribution in [1.29, 1.82) is 0 Å². The first-order valence-corrected chi connectivity index (χ1v) is 10.7. The first-order valence-electron chi connectivity index (χ1n) is 8.41. The molecule has 2 aromatic rings. The van der Waals surface area contributed by atoms with Gasteiger partial charge in [0.05, 0.1) is 6.61 Å². The fourth-order valence-corrected chi connectivity index (χ4v) is 5.72. The van der Waals surface area contributed by atoms with Crippen molar-refractivity contribution >= 4 is 27.3 Å². The number of thiazole rings is 1. The topological polar surface area (TPSA) is 113 Å². The van der Waals surface area contributed by atoms with E-state index in [1.54, 1.807) is 30.2 Å². The van der Waals surface area contributed by atoms with Gasteiger partial charge in [0.1, 0.15) is 5.56 Å². The van der Waals surface area contributed by atoms with Gasteiger partial charge >= 0.3 is 4.87 Å². The van der Waals surface area contributed by atoms with Crippen molar-refractivity contribution in [3.05, 3.63) is 39.3 Å². The van der Waals surface area contributed by atoms with E-state index in [-0.39, 0.29) is 42.2 Å². The molecule has 3 rings (SSSR count). The summed E-state index contributed by atoms with van der Waals surface area (Å²) in [5, 5.41) is 0. The van der Waals surface area contributed by atoms with Crippen molar-refractivity contribution in [3.8, 4) is 5.88 Å². The van der Waals surface area contributed by atoms with Crippen molar-refractivity contribution in [2.45, 2.75) is 18.1 Å². The number of hydrogen-bond acceptors (Lipinski definition) is 7. The number of rotatable bonds is 5. The molecule has 1 aliphatic rings. The van der Waals surface area contributed by atoms with Crippen LogP contribution in [0.1, 0.15) is 23.0 Å². The molecule has 3 heterocycles. The molecule has 1 N–H and O–H groups in total. The SMILES string of the molecule is CCOc1ncccc1C(=O)N1CCN(S(=O)(=O)c2sc(=O)[nH]c2C)CC1. The number of nitrogens with one attached hydrogen (secondary N) is 1. The predicted molar refractivity (Wildman–Crippen MR) is 99.7 cm³/mol. The second kappa shape index (κ2) is 7.79. The molecule has 0 bridgehead atoms. The number of carbonyl (C=O) groups is 1. The number of H-pyrrole nitrogens is 1. The summed E-state index contributed by atoms with van der Waals surface area (Å²) in [4.78, 5) is 32.0. The van der Waals surface area contributed by atoms with Crippen LogP contribution in [0, 0.1) is 6.92 Å². The highest BCUT2D eigenvalue weighted by Gasteiger charge is 2.33. The smallest absolute Gasteiger partial charge is 0.305 e. The second-order valence-corrected chi connectivity index (χ2v) is 9.03. The Kier molecular flexibility index (Phi) is 5.63. The molecule has 0 radical (unpaired) electrons. The standard InChI is InChI=1S/C16H20N4O5S2/c1-3-25-13-12(5-4-6-17-13)14(21)19-7-9-20(10-8-19)27(23,24)15-11(2)18-16(22)26-15/h4-6H,3,7-10H2,1-2H3,(H,18,22). The fraction of sp³-hybridized carbons (Fsp3) is 0.438. The predicted octanol–water partition coefficient (Wildman–Crippen LogP) is 0.685. The van der Waals surface area contributed by atoms with Crippen molar-refractivity contribution in [2.75, 3.05) is 32.8 Å². The van der Waals surface area contributed by atoms with E-state index in [0.29, 0.717) is 29.2 Å². The number of aromatic nitrogens is 2. The molecule has 2 aromatic heterocycles. The Bertz CT molecular complexity index is 990. The zero-order valence-electron chi connectivity index (χ0n) is 15.0. The summed E-state index contributed by atoms with van der Waals surface area (Å²) in [5.41, 5.74) is 0.690. The van der Waals surface area contributed by atoms with Gasteiger partial charge < -0.3 is 14.6 Å². The molecule has 1 amide bonds. The number of pyridine rings is 1. The van der Waals surface area contributed by atoms with Gasteiger partial charge in [-0.3, -0.25) is 9.59 Å². The summed E-state index contributed by atoms with van der Waals surface area (Å²) in [7, 11) is -3.76. The van der Waals surface area contributed by atoms with Crippen LogP contribution in [0.25, 0.3) is 0 Å². The quantitative estimate of drug-likeness (QED) is 0.773. The van der Waals surface area contributed by atoms with Crippen molar-refractivity contribution in [1.82, 2.24) is 19.2 Å². The average molecular weight is 412 g/mol. The van der Waals surface area contributed by atoms with Crippen LogP contribution < -0.4 is 9.61 Å². The number of aryl methyl sites for hydroxylation is 1. The third kappa shape index (κ3) is 3.89. The lowest BCUT2D eigenvalue weighted by Gasteiger charge is -2.33. The molecule has 0 saturated carbocycles. The maximum absolute atomic E-state index is 12.8. The van der Waals surface area contributed by atoms with E-state index in [1.165, 1.54) is 4.31 Å². The summed E-state index contributed by atoms with van der Waals surface area (Å²) in [6.45, 7) is 4.57. The summed E-state index contributed by atoms with van der Waals surface area (Å²) in [6, 6.07) is 3.30. The van der Waals surface area contributed by atoms with E-state index in [9.17, 15) is 18.0 Å². The van der Waals surface area contributed by atoms with Gasteiger partial charge in [0.25, 0.3) is 15.9 Å². The molecular weight excluding hydrogens is 392 g/mol. The van der Waals surface area contributed by atoms with E-state index in [1.807, 2.05) is 6.92 Å². The molecule has 0 spiro atoms. The Morgan fingerprint density at radius 2 is 2.04 bits per heavy atom. The van der Waals surface area contributed by atoms with Gasteiger partial charge in [-0.2, -0.15) is 4.31 Å². The van der Waals surface area contributed by atoms with Gasteiger partial charge in [-0.15, -0.1) is 0 Å². The Morgan fingerprint density at radius 1 is 1.33 bits per heavy atom. The number of hydrogen-bond donors (Lipinski definition) is 1. The van der Waals surface area contributed by atoms with Gasteiger partial charge in [-0.1, -0.05) is 11.3 Å². The van der Waals surface area contributed by atoms with Crippen LogP contribution in [-0.4, -0.2) is 66.3 Å². The first-order chi connectivity index (χ1) is 12.8. The summed E-state index contributed by atoms with van der Waals surface area (Å²) >= 11 is 0.680. The van der Waals surface area contributed by atoms with Gasteiger partial charge in [0.2, 0.25) is 5.88 Å².